The Bertz CT molecular complexity index is 447. The molecule has 0 saturated heterocycles. The molecule has 7 nitrogen and oxygen atoms in total. The summed E-state index contributed by atoms with van der Waals surface area (Å²) in [5, 5.41) is 10.8. The van der Waals surface area contributed by atoms with E-state index in [1.54, 1.807) is 0 Å². The average Bonchev–Trinajstić information content (AvgIpc) is 2.45. The zero-order valence-electron chi connectivity index (χ0n) is 10.7. The fraction of sp³-hybridized carbons (Fsp3) is 0.583. The Kier molecular flexibility index (Phi) is 4.51. The third-order valence-corrected chi connectivity index (χ3v) is 3.34. The van der Waals surface area contributed by atoms with E-state index in [1.165, 1.54) is 31.4 Å². The first-order valence-corrected chi connectivity index (χ1v) is 6.45. The molecule has 0 spiro atoms. The van der Waals surface area contributed by atoms with Crippen LogP contribution in [0.3, 0.4) is 0 Å². The highest BCUT2D eigenvalue weighted by Crippen LogP contribution is 2.26. The van der Waals surface area contributed by atoms with Crippen molar-refractivity contribution in [2.75, 3.05) is 12.0 Å². The quantitative estimate of drug-likeness (QED) is 0.481. The maximum absolute atomic E-state index is 10.8. The van der Waals surface area contributed by atoms with E-state index < -0.39 is 4.92 Å². The van der Waals surface area contributed by atoms with Crippen LogP contribution in [-0.4, -0.2) is 16.5 Å². The molecule has 1 heterocycles. The molecule has 0 radical (unpaired) electrons. The van der Waals surface area contributed by atoms with Gasteiger partial charge in [-0.2, -0.15) is 4.98 Å². The molecule has 1 saturated carbocycles. The van der Waals surface area contributed by atoms with Crippen LogP contribution >= 0.6 is 0 Å². The monoisotopic (exact) mass is 266 g/mol. The van der Waals surface area contributed by atoms with Crippen molar-refractivity contribution in [3.63, 3.8) is 0 Å². The number of hydrogen-bond acceptors (Lipinski definition) is 6. The summed E-state index contributed by atoms with van der Waals surface area (Å²) < 4.78 is 5.57. The molecule has 0 unspecified atom stereocenters. The minimum Gasteiger partial charge on any atom is -0.477 e. The van der Waals surface area contributed by atoms with Gasteiger partial charge in [0.2, 0.25) is 5.88 Å². The lowest BCUT2D eigenvalue weighted by molar-refractivity contribution is -0.384. The van der Waals surface area contributed by atoms with Gasteiger partial charge in [-0.15, -0.1) is 0 Å². The summed E-state index contributed by atoms with van der Waals surface area (Å²) in [4.78, 5) is 14.3. The standard InChI is InChI=1S/C12H18N4O3/c13-15-11-6-10(16(17)18)7-12(14-11)19-8-9-4-2-1-3-5-9/h6-7,9H,1-5,8,13H2,(H,14,15). The van der Waals surface area contributed by atoms with Crippen molar-refractivity contribution < 1.29 is 9.66 Å². The molecule has 3 N–H and O–H groups in total. The molecule has 1 aromatic rings. The molecule has 7 heteroatoms. The van der Waals surface area contributed by atoms with Gasteiger partial charge in [0, 0.05) is 0 Å². The first-order valence-electron chi connectivity index (χ1n) is 6.45. The minimum atomic E-state index is -0.490. The van der Waals surface area contributed by atoms with Gasteiger partial charge in [0.1, 0.15) is 0 Å². The van der Waals surface area contributed by atoms with Crippen molar-refractivity contribution in [2.45, 2.75) is 32.1 Å². The molecule has 0 atom stereocenters. The van der Waals surface area contributed by atoms with Crippen LogP contribution in [0.15, 0.2) is 12.1 Å². The maximum Gasteiger partial charge on any atom is 0.278 e. The zero-order chi connectivity index (χ0) is 13.7. The van der Waals surface area contributed by atoms with E-state index in [2.05, 4.69) is 10.4 Å². The predicted octanol–water partition coefficient (Wildman–Crippen LogP) is 2.23. The summed E-state index contributed by atoms with van der Waals surface area (Å²) in [5.41, 5.74) is 2.22. The Balaban J connectivity index is 2.02. The van der Waals surface area contributed by atoms with Gasteiger partial charge in [-0.3, -0.25) is 10.1 Å². The Labute approximate surface area is 111 Å². The number of anilines is 1. The summed E-state index contributed by atoms with van der Waals surface area (Å²) in [6, 6.07) is 2.59. The topological polar surface area (TPSA) is 103 Å². The molecule has 0 bridgehead atoms. The molecule has 0 amide bonds. The van der Waals surface area contributed by atoms with Crippen molar-refractivity contribution in [1.82, 2.24) is 4.98 Å². The van der Waals surface area contributed by atoms with Gasteiger partial charge in [-0.25, -0.2) is 5.84 Å². The number of nitrogens with zero attached hydrogens (tertiary/aromatic N) is 2. The lowest BCUT2D eigenvalue weighted by atomic mass is 9.90. The van der Waals surface area contributed by atoms with Crippen LogP contribution in [0.1, 0.15) is 32.1 Å². The fourth-order valence-corrected chi connectivity index (χ4v) is 2.30. The fourth-order valence-electron chi connectivity index (χ4n) is 2.30. The van der Waals surface area contributed by atoms with Gasteiger partial charge in [0.15, 0.2) is 5.82 Å². The minimum absolute atomic E-state index is 0.0819. The molecule has 1 aromatic heterocycles. The number of nitro groups is 1. The number of nitrogen functional groups attached to an aromatic ring is 1. The van der Waals surface area contributed by atoms with Gasteiger partial charge in [0.05, 0.1) is 23.7 Å². The molecule has 1 aliphatic carbocycles. The molecule has 0 aromatic carbocycles. The van der Waals surface area contributed by atoms with Gasteiger partial charge >= 0.3 is 0 Å². The summed E-state index contributed by atoms with van der Waals surface area (Å²) in [6.45, 7) is 0.554. The first kappa shape index (κ1) is 13.5. The van der Waals surface area contributed by atoms with E-state index in [1.807, 2.05) is 0 Å². The number of rotatable bonds is 5. The third kappa shape index (κ3) is 3.78. The number of hydrazine groups is 1. The number of nitrogens with two attached hydrogens (primary N) is 1. The van der Waals surface area contributed by atoms with E-state index in [0.717, 1.165) is 12.8 Å². The van der Waals surface area contributed by atoms with Crippen LogP contribution in [0, 0.1) is 16.0 Å². The molecule has 2 rings (SSSR count). The SMILES string of the molecule is NNc1cc([N+](=O)[O-])cc(OCC2CCCCC2)n1. The van der Waals surface area contributed by atoms with Crippen LogP contribution in [0.5, 0.6) is 5.88 Å². The van der Waals surface area contributed by atoms with Crippen LogP contribution in [0.4, 0.5) is 11.5 Å². The second-order valence-electron chi connectivity index (χ2n) is 4.77. The molecule has 1 fully saturated rings. The van der Waals surface area contributed by atoms with E-state index in [0.29, 0.717) is 12.5 Å². The lowest BCUT2D eigenvalue weighted by Crippen LogP contribution is -2.16. The Morgan fingerprint density at radius 1 is 1.42 bits per heavy atom. The second kappa shape index (κ2) is 6.33. The normalized spacial score (nSPS) is 16.1. The van der Waals surface area contributed by atoms with Crippen molar-refractivity contribution in [3.05, 3.63) is 22.2 Å². The van der Waals surface area contributed by atoms with Crippen molar-refractivity contribution in [3.8, 4) is 5.88 Å². The van der Waals surface area contributed by atoms with Gasteiger partial charge in [-0.05, 0) is 18.8 Å². The van der Waals surface area contributed by atoms with Gasteiger partial charge in [-0.1, -0.05) is 19.3 Å². The smallest absolute Gasteiger partial charge is 0.278 e. The van der Waals surface area contributed by atoms with Gasteiger partial charge < -0.3 is 10.2 Å². The number of pyridine rings is 1. The number of ether oxygens (including phenoxy) is 1. The summed E-state index contributed by atoms with van der Waals surface area (Å²) in [5.74, 6) is 6.23. The number of nitrogens with one attached hydrogen (secondary N) is 1. The van der Waals surface area contributed by atoms with E-state index in [-0.39, 0.29) is 17.4 Å². The van der Waals surface area contributed by atoms with E-state index in [4.69, 9.17) is 10.6 Å². The van der Waals surface area contributed by atoms with Crippen molar-refractivity contribution in [1.29, 1.82) is 0 Å². The van der Waals surface area contributed by atoms with Gasteiger partial charge in [0.25, 0.3) is 5.69 Å². The number of aromatic nitrogens is 1. The van der Waals surface area contributed by atoms with Crippen molar-refractivity contribution in [2.24, 2.45) is 11.8 Å². The Morgan fingerprint density at radius 2 is 2.16 bits per heavy atom. The highest BCUT2D eigenvalue weighted by atomic mass is 16.6. The Morgan fingerprint density at radius 3 is 2.79 bits per heavy atom. The lowest BCUT2D eigenvalue weighted by Gasteiger charge is -2.21. The maximum atomic E-state index is 10.8. The summed E-state index contributed by atoms with van der Waals surface area (Å²) in [7, 11) is 0. The van der Waals surface area contributed by atoms with Crippen LogP contribution in [0.2, 0.25) is 0 Å². The first-order chi connectivity index (χ1) is 9.19. The van der Waals surface area contributed by atoms with E-state index >= 15 is 0 Å². The second-order valence-corrected chi connectivity index (χ2v) is 4.77. The van der Waals surface area contributed by atoms with Crippen LogP contribution in [-0.2, 0) is 0 Å². The average molecular weight is 266 g/mol. The molecule has 1 aliphatic rings. The largest absolute Gasteiger partial charge is 0.477 e. The Hall–Kier alpha value is -1.89. The summed E-state index contributed by atoms with van der Waals surface area (Å²) in [6.07, 6.45) is 6.04. The highest BCUT2D eigenvalue weighted by Gasteiger charge is 2.16. The molecular weight excluding hydrogens is 248 g/mol. The predicted molar refractivity (Wildman–Crippen MR) is 70.8 cm³/mol. The van der Waals surface area contributed by atoms with Crippen LogP contribution < -0.4 is 16.0 Å². The molecule has 104 valence electrons. The molecule has 19 heavy (non-hydrogen) atoms. The molecular formula is C12H18N4O3. The highest BCUT2D eigenvalue weighted by molar-refractivity contribution is 5.47. The molecule has 0 aliphatic heterocycles. The third-order valence-electron chi connectivity index (χ3n) is 3.34. The summed E-state index contributed by atoms with van der Waals surface area (Å²) >= 11 is 0. The zero-order valence-corrected chi connectivity index (χ0v) is 10.7. The van der Waals surface area contributed by atoms with Crippen LogP contribution in [0.25, 0.3) is 0 Å². The van der Waals surface area contributed by atoms with Crippen molar-refractivity contribution >= 4 is 11.5 Å². The number of hydrogen-bond donors (Lipinski definition) is 2. The van der Waals surface area contributed by atoms with E-state index in [9.17, 15) is 10.1 Å².